The van der Waals surface area contributed by atoms with Gasteiger partial charge >= 0.3 is 0 Å². The van der Waals surface area contributed by atoms with Crippen molar-refractivity contribution in [3.63, 3.8) is 0 Å². The summed E-state index contributed by atoms with van der Waals surface area (Å²) in [6.45, 7) is 6.71. The van der Waals surface area contributed by atoms with Crippen molar-refractivity contribution in [3.05, 3.63) is 34.3 Å². The standard InChI is InChI=1S/C18H29BrN2/c1-3-20-14-18(11-5-4-6-12-18)15-21(2)13-16-7-9-17(19)10-8-16/h7-10,20H,3-6,11-15H2,1-2H3. The second-order valence-corrected chi connectivity index (χ2v) is 7.56. The van der Waals surface area contributed by atoms with E-state index in [1.54, 1.807) is 0 Å². The van der Waals surface area contributed by atoms with Crippen LogP contribution in [0.2, 0.25) is 0 Å². The number of benzene rings is 1. The van der Waals surface area contributed by atoms with Crippen molar-refractivity contribution in [1.82, 2.24) is 10.2 Å². The summed E-state index contributed by atoms with van der Waals surface area (Å²) >= 11 is 3.51. The maximum absolute atomic E-state index is 3.60. The zero-order chi connectivity index (χ0) is 15.1. The fraction of sp³-hybridized carbons (Fsp3) is 0.667. The lowest BCUT2D eigenvalue weighted by molar-refractivity contribution is 0.114. The zero-order valence-electron chi connectivity index (χ0n) is 13.5. The molecule has 1 aromatic rings. The molecule has 2 rings (SSSR count). The van der Waals surface area contributed by atoms with Crippen LogP contribution >= 0.6 is 15.9 Å². The third kappa shape index (κ3) is 5.39. The molecule has 0 bridgehead atoms. The predicted octanol–water partition coefficient (Wildman–Crippen LogP) is 4.44. The van der Waals surface area contributed by atoms with Crippen molar-refractivity contribution < 1.29 is 0 Å². The Kier molecular flexibility index (Phi) is 6.72. The molecule has 1 saturated carbocycles. The monoisotopic (exact) mass is 352 g/mol. The summed E-state index contributed by atoms with van der Waals surface area (Å²) in [5, 5.41) is 3.60. The number of nitrogens with zero attached hydrogens (tertiary/aromatic N) is 1. The minimum atomic E-state index is 0.484. The van der Waals surface area contributed by atoms with Crippen LogP contribution in [0.4, 0.5) is 0 Å². The molecule has 118 valence electrons. The summed E-state index contributed by atoms with van der Waals surface area (Å²) in [7, 11) is 2.27. The molecule has 0 heterocycles. The maximum atomic E-state index is 3.60. The molecule has 2 nitrogen and oxygen atoms in total. The van der Waals surface area contributed by atoms with Gasteiger partial charge in [0.1, 0.15) is 0 Å². The molecule has 0 atom stereocenters. The zero-order valence-corrected chi connectivity index (χ0v) is 15.1. The highest BCUT2D eigenvalue weighted by molar-refractivity contribution is 9.10. The number of rotatable bonds is 7. The lowest BCUT2D eigenvalue weighted by Crippen LogP contribution is -2.44. The van der Waals surface area contributed by atoms with Gasteiger partial charge in [-0.1, -0.05) is 54.2 Å². The molecule has 0 saturated heterocycles. The Morgan fingerprint density at radius 3 is 2.43 bits per heavy atom. The lowest BCUT2D eigenvalue weighted by atomic mass is 9.73. The summed E-state index contributed by atoms with van der Waals surface area (Å²) in [5.74, 6) is 0. The molecule has 1 fully saturated rings. The van der Waals surface area contributed by atoms with Gasteiger partial charge in [0.15, 0.2) is 0 Å². The molecular formula is C18H29BrN2. The Balaban J connectivity index is 1.93. The van der Waals surface area contributed by atoms with Gasteiger partial charge in [-0.15, -0.1) is 0 Å². The summed E-state index contributed by atoms with van der Waals surface area (Å²) in [6.07, 6.45) is 6.98. The van der Waals surface area contributed by atoms with Gasteiger partial charge in [-0.3, -0.25) is 0 Å². The normalized spacial score (nSPS) is 18.1. The average molecular weight is 353 g/mol. The molecular weight excluding hydrogens is 324 g/mol. The van der Waals surface area contributed by atoms with Crippen LogP contribution in [0.15, 0.2) is 28.7 Å². The van der Waals surface area contributed by atoms with Crippen LogP contribution in [0.25, 0.3) is 0 Å². The van der Waals surface area contributed by atoms with Crippen molar-refractivity contribution in [3.8, 4) is 0 Å². The molecule has 1 aromatic carbocycles. The second kappa shape index (κ2) is 8.30. The van der Waals surface area contributed by atoms with E-state index in [1.807, 2.05) is 0 Å². The van der Waals surface area contributed by atoms with E-state index < -0.39 is 0 Å². The fourth-order valence-electron chi connectivity index (χ4n) is 3.61. The Labute approximate surface area is 138 Å². The van der Waals surface area contributed by atoms with Crippen LogP contribution in [0.5, 0.6) is 0 Å². The average Bonchev–Trinajstić information content (AvgIpc) is 2.48. The van der Waals surface area contributed by atoms with Crippen LogP contribution in [0, 0.1) is 5.41 Å². The van der Waals surface area contributed by atoms with Crippen LogP contribution in [0.3, 0.4) is 0 Å². The molecule has 21 heavy (non-hydrogen) atoms. The molecule has 3 heteroatoms. The van der Waals surface area contributed by atoms with Crippen molar-refractivity contribution in [2.24, 2.45) is 5.41 Å². The Morgan fingerprint density at radius 2 is 1.81 bits per heavy atom. The number of halogens is 1. The van der Waals surface area contributed by atoms with Gasteiger partial charge in [0.2, 0.25) is 0 Å². The van der Waals surface area contributed by atoms with Gasteiger partial charge in [-0.05, 0) is 49.5 Å². The third-order valence-corrected chi connectivity index (χ3v) is 5.16. The highest BCUT2D eigenvalue weighted by Crippen LogP contribution is 2.36. The van der Waals surface area contributed by atoms with E-state index in [0.717, 1.165) is 17.6 Å². The SMILES string of the molecule is CCNCC1(CN(C)Cc2ccc(Br)cc2)CCCCC1. The molecule has 0 amide bonds. The lowest BCUT2D eigenvalue weighted by Gasteiger charge is -2.40. The first kappa shape index (κ1) is 17.0. The summed E-state index contributed by atoms with van der Waals surface area (Å²) in [4.78, 5) is 2.51. The first-order chi connectivity index (χ1) is 10.1. The van der Waals surface area contributed by atoms with Crippen LogP contribution in [0.1, 0.15) is 44.6 Å². The Bertz CT molecular complexity index is 410. The van der Waals surface area contributed by atoms with Crippen molar-refractivity contribution in [2.45, 2.75) is 45.6 Å². The van der Waals surface area contributed by atoms with Gasteiger partial charge < -0.3 is 10.2 Å². The smallest absolute Gasteiger partial charge is 0.0230 e. The van der Waals surface area contributed by atoms with E-state index in [4.69, 9.17) is 0 Å². The summed E-state index contributed by atoms with van der Waals surface area (Å²) < 4.78 is 1.16. The predicted molar refractivity (Wildman–Crippen MR) is 94.5 cm³/mol. The quantitative estimate of drug-likeness (QED) is 0.780. The minimum absolute atomic E-state index is 0.484. The maximum Gasteiger partial charge on any atom is 0.0230 e. The van der Waals surface area contributed by atoms with Crippen LogP contribution in [-0.4, -0.2) is 31.6 Å². The van der Waals surface area contributed by atoms with E-state index in [9.17, 15) is 0 Å². The summed E-state index contributed by atoms with van der Waals surface area (Å²) in [5.41, 5.74) is 1.88. The number of hydrogen-bond donors (Lipinski definition) is 1. The van der Waals surface area contributed by atoms with Crippen molar-refractivity contribution >= 4 is 15.9 Å². The van der Waals surface area contributed by atoms with Crippen molar-refractivity contribution in [1.29, 1.82) is 0 Å². The Hall–Kier alpha value is -0.380. The van der Waals surface area contributed by atoms with Gasteiger partial charge in [0, 0.05) is 24.1 Å². The molecule has 0 spiro atoms. The minimum Gasteiger partial charge on any atom is -0.316 e. The molecule has 0 unspecified atom stereocenters. The number of nitrogens with one attached hydrogen (secondary N) is 1. The highest BCUT2D eigenvalue weighted by atomic mass is 79.9. The van der Waals surface area contributed by atoms with E-state index >= 15 is 0 Å². The molecule has 1 aliphatic rings. The molecule has 0 radical (unpaired) electrons. The van der Waals surface area contributed by atoms with Crippen molar-refractivity contribution in [2.75, 3.05) is 26.7 Å². The van der Waals surface area contributed by atoms with Crippen LogP contribution in [-0.2, 0) is 6.54 Å². The first-order valence-corrected chi connectivity index (χ1v) is 9.06. The highest BCUT2D eigenvalue weighted by Gasteiger charge is 2.32. The van der Waals surface area contributed by atoms with E-state index in [2.05, 4.69) is 64.4 Å². The molecule has 0 aliphatic heterocycles. The van der Waals surface area contributed by atoms with Crippen LogP contribution < -0.4 is 5.32 Å². The second-order valence-electron chi connectivity index (χ2n) is 6.64. The number of hydrogen-bond acceptors (Lipinski definition) is 2. The van der Waals surface area contributed by atoms with Gasteiger partial charge in [-0.2, -0.15) is 0 Å². The fourth-order valence-corrected chi connectivity index (χ4v) is 3.88. The van der Waals surface area contributed by atoms with Gasteiger partial charge in [0.05, 0.1) is 0 Å². The molecule has 1 N–H and O–H groups in total. The summed E-state index contributed by atoms with van der Waals surface area (Å²) in [6, 6.07) is 8.72. The molecule has 1 aliphatic carbocycles. The van der Waals surface area contributed by atoms with E-state index in [0.29, 0.717) is 5.41 Å². The molecule has 0 aromatic heterocycles. The first-order valence-electron chi connectivity index (χ1n) is 8.27. The van der Waals surface area contributed by atoms with Gasteiger partial charge in [0.25, 0.3) is 0 Å². The topological polar surface area (TPSA) is 15.3 Å². The van der Waals surface area contributed by atoms with Gasteiger partial charge in [-0.25, -0.2) is 0 Å². The Morgan fingerprint density at radius 1 is 1.14 bits per heavy atom. The largest absolute Gasteiger partial charge is 0.316 e. The van der Waals surface area contributed by atoms with E-state index in [1.165, 1.54) is 50.8 Å². The third-order valence-electron chi connectivity index (χ3n) is 4.64. The van der Waals surface area contributed by atoms with E-state index in [-0.39, 0.29) is 0 Å².